The van der Waals surface area contributed by atoms with Gasteiger partial charge in [0.25, 0.3) is 5.56 Å². The van der Waals surface area contributed by atoms with Crippen LogP contribution in [0.3, 0.4) is 0 Å². The molecule has 2 aromatic carbocycles. The van der Waals surface area contributed by atoms with Crippen LogP contribution in [0.1, 0.15) is 56.2 Å². The first kappa shape index (κ1) is 30.7. The van der Waals surface area contributed by atoms with Crippen molar-refractivity contribution in [3.63, 3.8) is 0 Å². The lowest BCUT2D eigenvalue weighted by Gasteiger charge is -2.29. The number of nitrogens with one attached hydrogen (secondary N) is 1. The second-order valence-corrected chi connectivity index (χ2v) is 13.5. The number of fused-ring (bicyclic) bond motifs is 2. The van der Waals surface area contributed by atoms with Crippen LogP contribution in [0.15, 0.2) is 84.3 Å². The third kappa shape index (κ3) is 5.79. The maximum atomic E-state index is 15.4. The van der Waals surface area contributed by atoms with Gasteiger partial charge in [-0.05, 0) is 91.3 Å². The molecule has 0 atom stereocenters. The van der Waals surface area contributed by atoms with Gasteiger partial charge in [-0.15, -0.1) is 0 Å². The molecule has 1 fully saturated rings. The number of halogens is 1. The number of hydrogen-bond acceptors (Lipinski definition) is 7. The highest BCUT2D eigenvalue weighted by molar-refractivity contribution is 5.84. The van der Waals surface area contributed by atoms with E-state index in [0.717, 1.165) is 42.7 Å². The number of aliphatic hydroxyl groups is 1. The zero-order valence-corrected chi connectivity index (χ0v) is 27.0. The van der Waals surface area contributed by atoms with Crippen molar-refractivity contribution in [3.05, 3.63) is 112 Å². The Labute approximate surface area is 272 Å². The molecule has 0 spiro atoms. The molecule has 6 aromatic rings. The van der Waals surface area contributed by atoms with Crippen LogP contribution in [-0.2, 0) is 12.0 Å². The van der Waals surface area contributed by atoms with Crippen molar-refractivity contribution in [2.75, 3.05) is 25.5 Å². The Kier molecular flexibility index (Phi) is 7.85. The molecular formula is C37H38FN7O2. The van der Waals surface area contributed by atoms with Crippen LogP contribution in [0.5, 0.6) is 0 Å². The highest BCUT2D eigenvalue weighted by atomic mass is 19.1. The van der Waals surface area contributed by atoms with Crippen molar-refractivity contribution in [1.82, 2.24) is 29.0 Å². The Morgan fingerprint density at radius 1 is 1.04 bits per heavy atom. The number of rotatable bonds is 6. The Bertz CT molecular complexity index is 2160. The SMILES string of the molecule is CN1CCC(c2ccc(Nc3cc(-c4cccc(-n5ncc6cc(C(C)(C)C)cc(F)c6c5=O)c4CO)cn4ccnc34)nc2)CC1. The Morgan fingerprint density at radius 3 is 2.57 bits per heavy atom. The number of imidazole rings is 1. The topological polar surface area (TPSA) is 101 Å². The summed E-state index contributed by atoms with van der Waals surface area (Å²) in [5.41, 5.74) is 4.94. The van der Waals surface area contributed by atoms with E-state index in [-0.39, 0.29) is 17.4 Å². The molecule has 7 rings (SSSR count). The van der Waals surface area contributed by atoms with Crippen molar-refractivity contribution in [2.24, 2.45) is 0 Å². The second kappa shape index (κ2) is 12.0. The highest BCUT2D eigenvalue weighted by Crippen LogP contribution is 2.34. The molecular weight excluding hydrogens is 593 g/mol. The summed E-state index contributed by atoms with van der Waals surface area (Å²) in [6.45, 7) is 7.79. The van der Waals surface area contributed by atoms with Gasteiger partial charge in [-0.25, -0.2) is 14.4 Å². The van der Waals surface area contributed by atoms with Gasteiger partial charge in [0.05, 0.1) is 29.6 Å². The van der Waals surface area contributed by atoms with Gasteiger partial charge in [-0.1, -0.05) is 39.0 Å². The minimum atomic E-state index is -0.593. The fraction of sp³-hybridized carbons (Fsp3) is 0.297. The maximum Gasteiger partial charge on any atom is 0.282 e. The van der Waals surface area contributed by atoms with Gasteiger partial charge in [-0.3, -0.25) is 4.79 Å². The molecule has 1 saturated heterocycles. The molecule has 240 valence electrons. The first-order valence-corrected chi connectivity index (χ1v) is 15.9. The van der Waals surface area contributed by atoms with Gasteiger partial charge in [0, 0.05) is 41.3 Å². The zero-order valence-electron chi connectivity index (χ0n) is 27.0. The molecule has 9 nitrogen and oxygen atoms in total. The summed E-state index contributed by atoms with van der Waals surface area (Å²) in [6.07, 6.45) is 11.2. The number of anilines is 2. The van der Waals surface area contributed by atoms with Crippen molar-refractivity contribution >= 4 is 27.9 Å². The molecule has 0 amide bonds. The summed E-state index contributed by atoms with van der Waals surface area (Å²) < 4.78 is 18.5. The largest absolute Gasteiger partial charge is 0.392 e. The number of aliphatic hydroxyl groups excluding tert-OH is 1. The lowest BCUT2D eigenvalue weighted by atomic mass is 9.86. The number of nitrogens with zero attached hydrogens (tertiary/aromatic N) is 6. The molecule has 5 heterocycles. The van der Waals surface area contributed by atoms with Crippen LogP contribution in [-0.4, -0.2) is 54.3 Å². The Morgan fingerprint density at radius 2 is 1.85 bits per heavy atom. The molecule has 0 unspecified atom stereocenters. The van der Waals surface area contributed by atoms with Crippen molar-refractivity contribution < 1.29 is 9.50 Å². The number of pyridine rings is 2. The van der Waals surface area contributed by atoms with Gasteiger partial charge in [-0.2, -0.15) is 9.78 Å². The van der Waals surface area contributed by atoms with Crippen LogP contribution >= 0.6 is 0 Å². The van der Waals surface area contributed by atoms with E-state index < -0.39 is 11.4 Å². The quantitative estimate of drug-likeness (QED) is 0.214. The van der Waals surface area contributed by atoms with E-state index in [1.54, 1.807) is 18.3 Å². The molecule has 10 heteroatoms. The van der Waals surface area contributed by atoms with Crippen molar-refractivity contribution in [1.29, 1.82) is 0 Å². The maximum absolute atomic E-state index is 15.4. The molecule has 0 radical (unpaired) electrons. The van der Waals surface area contributed by atoms with E-state index in [4.69, 9.17) is 4.98 Å². The summed E-state index contributed by atoms with van der Waals surface area (Å²) >= 11 is 0. The minimum absolute atomic E-state index is 0.0389. The van der Waals surface area contributed by atoms with E-state index in [0.29, 0.717) is 39.6 Å². The van der Waals surface area contributed by atoms with Gasteiger partial charge in [0.1, 0.15) is 11.6 Å². The zero-order chi connectivity index (χ0) is 32.9. The van der Waals surface area contributed by atoms with Gasteiger partial charge in [0.2, 0.25) is 0 Å². The average Bonchev–Trinajstić information content (AvgIpc) is 3.54. The fourth-order valence-corrected chi connectivity index (χ4v) is 6.52. The smallest absolute Gasteiger partial charge is 0.282 e. The second-order valence-electron chi connectivity index (χ2n) is 13.5. The van der Waals surface area contributed by atoms with Crippen LogP contribution in [0.25, 0.3) is 33.2 Å². The molecule has 47 heavy (non-hydrogen) atoms. The molecule has 0 bridgehead atoms. The van der Waals surface area contributed by atoms with E-state index >= 15 is 4.39 Å². The number of hydrogen-bond donors (Lipinski definition) is 2. The van der Waals surface area contributed by atoms with Crippen LogP contribution in [0.2, 0.25) is 0 Å². The summed E-state index contributed by atoms with van der Waals surface area (Å²) in [4.78, 5) is 25.4. The summed E-state index contributed by atoms with van der Waals surface area (Å²) in [5.74, 6) is 0.620. The Hall–Kier alpha value is -4.93. The van der Waals surface area contributed by atoms with E-state index in [9.17, 15) is 9.90 Å². The Balaban J connectivity index is 1.27. The summed E-state index contributed by atoms with van der Waals surface area (Å²) in [6, 6.07) is 14.7. The molecule has 0 aliphatic carbocycles. The predicted octanol–water partition coefficient (Wildman–Crippen LogP) is 6.58. The summed E-state index contributed by atoms with van der Waals surface area (Å²) in [7, 11) is 2.16. The number of likely N-dealkylation sites (tertiary alicyclic amines) is 1. The van der Waals surface area contributed by atoms with Gasteiger partial charge < -0.3 is 19.7 Å². The normalized spacial score (nSPS) is 14.7. The van der Waals surface area contributed by atoms with Crippen molar-refractivity contribution in [2.45, 2.75) is 51.6 Å². The fourth-order valence-electron chi connectivity index (χ4n) is 6.52. The highest BCUT2D eigenvalue weighted by Gasteiger charge is 2.22. The summed E-state index contributed by atoms with van der Waals surface area (Å²) in [5, 5.41) is 18.9. The third-order valence-electron chi connectivity index (χ3n) is 9.28. The lowest BCUT2D eigenvalue weighted by molar-refractivity contribution is 0.255. The van der Waals surface area contributed by atoms with E-state index in [2.05, 4.69) is 33.4 Å². The van der Waals surface area contributed by atoms with Gasteiger partial charge in [0.15, 0.2) is 5.65 Å². The number of piperidine rings is 1. The van der Waals surface area contributed by atoms with Crippen molar-refractivity contribution in [3.8, 4) is 16.8 Å². The molecule has 2 N–H and O–H groups in total. The monoisotopic (exact) mass is 631 g/mol. The van der Waals surface area contributed by atoms with Crippen LogP contribution < -0.4 is 10.9 Å². The molecule has 1 aliphatic rings. The lowest BCUT2D eigenvalue weighted by Crippen LogP contribution is -2.29. The minimum Gasteiger partial charge on any atom is -0.392 e. The average molecular weight is 632 g/mol. The molecule has 1 aliphatic heterocycles. The third-order valence-corrected chi connectivity index (χ3v) is 9.28. The molecule has 0 saturated carbocycles. The van der Waals surface area contributed by atoms with Crippen LogP contribution in [0, 0.1) is 5.82 Å². The van der Waals surface area contributed by atoms with E-state index in [1.807, 2.05) is 68.0 Å². The first-order chi connectivity index (χ1) is 22.6. The number of aromatic nitrogens is 5. The van der Waals surface area contributed by atoms with Crippen LogP contribution in [0.4, 0.5) is 15.9 Å². The standard InChI is InChI=1S/C37H38FN7O2/c1-37(2,3)27-16-25-20-41-45(36(47)34(25)30(38)18-27)32-7-5-6-28(29(32)22-46)26-17-31(35-39-12-15-44(35)21-26)42-33-9-8-24(19-40-33)23-10-13-43(4)14-11-23/h5-9,12,15-21,23,46H,10-11,13-14,22H2,1-4H3,(H,40,42). The predicted molar refractivity (Wildman–Crippen MR) is 183 cm³/mol. The molecule has 4 aromatic heterocycles. The number of benzene rings is 2. The van der Waals surface area contributed by atoms with Gasteiger partial charge >= 0.3 is 0 Å². The van der Waals surface area contributed by atoms with E-state index in [1.165, 1.54) is 22.5 Å². The first-order valence-electron chi connectivity index (χ1n) is 15.9.